The van der Waals surface area contributed by atoms with Gasteiger partial charge in [0.25, 0.3) is 0 Å². The third-order valence-electron chi connectivity index (χ3n) is 2.13. The number of esters is 1. The first-order chi connectivity index (χ1) is 8.22. The molecule has 0 aliphatic heterocycles. The number of rotatable bonds is 8. The third-order valence-corrected chi connectivity index (χ3v) is 2.13. The summed E-state index contributed by atoms with van der Waals surface area (Å²) < 4.78 is 10.7. The van der Waals surface area contributed by atoms with E-state index in [1.165, 1.54) is 0 Å². The fraction of sp³-hybridized carbons (Fsp3) is 0.929. The van der Waals surface area contributed by atoms with Crippen molar-refractivity contribution in [1.82, 2.24) is 5.32 Å². The summed E-state index contributed by atoms with van der Waals surface area (Å²) in [7, 11) is 0. The summed E-state index contributed by atoms with van der Waals surface area (Å²) in [6.07, 6.45) is 0.903. The minimum absolute atomic E-state index is 0.203. The van der Waals surface area contributed by atoms with E-state index in [1.54, 1.807) is 0 Å². The number of nitrogens with one attached hydrogen (secondary N) is 1. The van der Waals surface area contributed by atoms with Crippen LogP contribution in [0.15, 0.2) is 0 Å². The average molecular weight is 259 g/mol. The Morgan fingerprint density at radius 1 is 1.22 bits per heavy atom. The molecule has 0 rings (SSSR count). The van der Waals surface area contributed by atoms with Crippen LogP contribution in [0, 0.1) is 5.92 Å². The van der Waals surface area contributed by atoms with Crippen molar-refractivity contribution >= 4 is 5.97 Å². The zero-order valence-corrected chi connectivity index (χ0v) is 12.7. The van der Waals surface area contributed by atoms with Gasteiger partial charge in [0, 0.05) is 13.2 Å². The highest BCUT2D eigenvalue weighted by Crippen LogP contribution is 2.08. The molecule has 18 heavy (non-hydrogen) atoms. The van der Waals surface area contributed by atoms with Crippen molar-refractivity contribution in [2.75, 3.05) is 19.8 Å². The Labute approximate surface area is 111 Å². The summed E-state index contributed by atoms with van der Waals surface area (Å²) in [5.74, 6) is 0.365. The quantitative estimate of drug-likeness (QED) is 0.537. The number of hydrogen-bond acceptors (Lipinski definition) is 4. The standard InChI is InChI=1S/C14H29NO3/c1-11(2)10-17-9-7-8-15-12(3)13(16)18-14(4,5)6/h11-12,15H,7-10H2,1-6H3. The zero-order chi connectivity index (χ0) is 14.2. The minimum atomic E-state index is -0.423. The summed E-state index contributed by atoms with van der Waals surface area (Å²) >= 11 is 0. The topological polar surface area (TPSA) is 47.6 Å². The van der Waals surface area contributed by atoms with E-state index in [0.717, 1.165) is 26.2 Å². The molecule has 1 unspecified atom stereocenters. The fourth-order valence-electron chi connectivity index (χ4n) is 1.29. The second kappa shape index (κ2) is 8.48. The van der Waals surface area contributed by atoms with Gasteiger partial charge in [-0.1, -0.05) is 13.8 Å². The lowest BCUT2D eigenvalue weighted by molar-refractivity contribution is -0.156. The molecule has 4 nitrogen and oxygen atoms in total. The third kappa shape index (κ3) is 10.5. The first-order valence-corrected chi connectivity index (χ1v) is 6.76. The normalized spacial score (nSPS) is 13.7. The highest BCUT2D eigenvalue weighted by molar-refractivity contribution is 5.75. The molecule has 0 aromatic carbocycles. The Kier molecular flexibility index (Phi) is 8.20. The van der Waals surface area contributed by atoms with E-state index < -0.39 is 5.60 Å². The van der Waals surface area contributed by atoms with Crippen LogP contribution in [0.5, 0.6) is 0 Å². The summed E-state index contributed by atoms with van der Waals surface area (Å²) in [5, 5.41) is 3.14. The van der Waals surface area contributed by atoms with Crippen molar-refractivity contribution in [1.29, 1.82) is 0 Å². The molecule has 0 aliphatic carbocycles. The van der Waals surface area contributed by atoms with Gasteiger partial charge >= 0.3 is 5.97 Å². The van der Waals surface area contributed by atoms with Crippen molar-refractivity contribution in [2.45, 2.75) is 59.6 Å². The molecule has 4 heteroatoms. The van der Waals surface area contributed by atoms with Crippen LogP contribution in [0.3, 0.4) is 0 Å². The Morgan fingerprint density at radius 3 is 2.33 bits per heavy atom. The predicted molar refractivity (Wildman–Crippen MR) is 73.6 cm³/mol. The van der Waals surface area contributed by atoms with E-state index in [-0.39, 0.29) is 12.0 Å². The Balaban J connectivity index is 3.58. The SMILES string of the molecule is CC(C)COCCCNC(C)C(=O)OC(C)(C)C. The van der Waals surface area contributed by atoms with Gasteiger partial charge in [0.15, 0.2) is 0 Å². The van der Waals surface area contributed by atoms with Crippen molar-refractivity contribution in [2.24, 2.45) is 5.92 Å². The number of carbonyl (C=O) groups excluding carboxylic acids is 1. The molecule has 0 fully saturated rings. The molecule has 1 N–H and O–H groups in total. The van der Waals surface area contributed by atoms with Crippen LogP contribution in [-0.4, -0.2) is 37.4 Å². The summed E-state index contributed by atoms with van der Waals surface area (Å²) in [4.78, 5) is 11.7. The maximum Gasteiger partial charge on any atom is 0.323 e. The predicted octanol–water partition coefficient (Wildman–Crippen LogP) is 2.37. The zero-order valence-electron chi connectivity index (χ0n) is 12.7. The molecule has 0 heterocycles. The monoisotopic (exact) mass is 259 g/mol. The van der Waals surface area contributed by atoms with Crippen molar-refractivity contribution in [3.8, 4) is 0 Å². The van der Waals surface area contributed by atoms with E-state index >= 15 is 0 Å². The highest BCUT2D eigenvalue weighted by atomic mass is 16.6. The van der Waals surface area contributed by atoms with Gasteiger partial charge in [-0.15, -0.1) is 0 Å². The van der Waals surface area contributed by atoms with Crippen LogP contribution in [0.4, 0.5) is 0 Å². The Morgan fingerprint density at radius 2 is 1.83 bits per heavy atom. The van der Waals surface area contributed by atoms with Gasteiger partial charge in [0.1, 0.15) is 11.6 Å². The molecule has 0 bridgehead atoms. The Hall–Kier alpha value is -0.610. The molecule has 0 spiro atoms. The van der Waals surface area contributed by atoms with Gasteiger partial charge in [0.2, 0.25) is 0 Å². The van der Waals surface area contributed by atoms with Crippen molar-refractivity contribution in [3.63, 3.8) is 0 Å². The average Bonchev–Trinajstić information content (AvgIpc) is 2.19. The summed E-state index contributed by atoms with van der Waals surface area (Å²) in [6.45, 7) is 14.0. The van der Waals surface area contributed by atoms with Crippen LogP contribution >= 0.6 is 0 Å². The lowest BCUT2D eigenvalue weighted by atomic mass is 10.2. The van der Waals surface area contributed by atoms with Crippen LogP contribution in [-0.2, 0) is 14.3 Å². The first-order valence-electron chi connectivity index (χ1n) is 6.76. The van der Waals surface area contributed by atoms with Crippen LogP contribution in [0.1, 0.15) is 48.0 Å². The van der Waals surface area contributed by atoms with Crippen molar-refractivity contribution in [3.05, 3.63) is 0 Å². The second-order valence-electron chi connectivity index (χ2n) is 6.03. The molecule has 1 atom stereocenters. The van der Waals surface area contributed by atoms with Gasteiger partial charge in [-0.25, -0.2) is 0 Å². The summed E-state index contributed by atoms with van der Waals surface area (Å²) in [6, 6.07) is -0.269. The number of carbonyl (C=O) groups is 1. The van der Waals surface area contributed by atoms with Crippen LogP contribution in [0.2, 0.25) is 0 Å². The smallest absolute Gasteiger partial charge is 0.323 e. The highest BCUT2D eigenvalue weighted by Gasteiger charge is 2.20. The first kappa shape index (κ1) is 17.4. The van der Waals surface area contributed by atoms with Crippen molar-refractivity contribution < 1.29 is 14.3 Å². The molecule has 0 saturated heterocycles. The molecule has 0 amide bonds. The Bertz CT molecular complexity index is 234. The van der Waals surface area contributed by atoms with Gasteiger partial charge in [0.05, 0.1) is 0 Å². The molecule has 0 saturated carbocycles. The molecule has 0 aliphatic rings. The molecule has 0 aromatic heterocycles. The number of ether oxygens (including phenoxy) is 2. The lowest BCUT2D eigenvalue weighted by Crippen LogP contribution is -2.39. The molecular weight excluding hydrogens is 230 g/mol. The molecule has 0 aromatic rings. The summed E-state index contributed by atoms with van der Waals surface area (Å²) in [5.41, 5.74) is -0.423. The van der Waals surface area contributed by atoms with Gasteiger partial charge in [-0.3, -0.25) is 4.79 Å². The van der Waals surface area contributed by atoms with E-state index in [2.05, 4.69) is 19.2 Å². The van der Waals surface area contributed by atoms with E-state index in [9.17, 15) is 4.79 Å². The van der Waals surface area contributed by atoms with E-state index in [4.69, 9.17) is 9.47 Å². The van der Waals surface area contributed by atoms with E-state index in [1.807, 2.05) is 27.7 Å². The number of hydrogen-bond donors (Lipinski definition) is 1. The molecule has 0 radical (unpaired) electrons. The largest absolute Gasteiger partial charge is 0.459 e. The van der Waals surface area contributed by atoms with E-state index in [0.29, 0.717) is 5.92 Å². The second-order valence-corrected chi connectivity index (χ2v) is 6.03. The van der Waals surface area contributed by atoms with Crippen LogP contribution in [0.25, 0.3) is 0 Å². The molecule has 108 valence electrons. The maximum absolute atomic E-state index is 11.7. The lowest BCUT2D eigenvalue weighted by Gasteiger charge is -2.22. The van der Waals surface area contributed by atoms with Gasteiger partial charge in [-0.2, -0.15) is 0 Å². The van der Waals surface area contributed by atoms with Crippen LogP contribution < -0.4 is 5.32 Å². The maximum atomic E-state index is 11.7. The fourth-order valence-corrected chi connectivity index (χ4v) is 1.29. The molecular formula is C14H29NO3. The van der Waals surface area contributed by atoms with Gasteiger partial charge < -0.3 is 14.8 Å². The van der Waals surface area contributed by atoms with Gasteiger partial charge in [-0.05, 0) is 46.6 Å². The minimum Gasteiger partial charge on any atom is -0.459 e.